The Hall–Kier alpha value is -3.88. The van der Waals surface area contributed by atoms with Crippen LogP contribution in [0.3, 0.4) is 0 Å². The van der Waals surface area contributed by atoms with Crippen LogP contribution < -0.4 is 14.8 Å². The Morgan fingerprint density at radius 1 is 1.00 bits per heavy atom. The lowest BCUT2D eigenvalue weighted by atomic mass is 10.1. The average molecular weight is 412 g/mol. The standard InChI is InChI=1S/C21H20N2O7/c1-12(23-19(25)14-6-4-5-7-15(14)20(23)26)21(27)30-11-18(24)22-16-10-13(28-2)8-9-17(16)29-3/h4-10,12H,11H2,1-3H3,(H,22,24). The molecule has 0 saturated heterocycles. The van der Waals surface area contributed by atoms with Crippen molar-refractivity contribution >= 4 is 29.4 Å². The summed E-state index contributed by atoms with van der Waals surface area (Å²) >= 11 is 0. The van der Waals surface area contributed by atoms with Gasteiger partial charge in [0.2, 0.25) is 0 Å². The summed E-state index contributed by atoms with van der Waals surface area (Å²) in [6.45, 7) is 0.764. The monoisotopic (exact) mass is 412 g/mol. The van der Waals surface area contributed by atoms with Gasteiger partial charge in [-0.25, -0.2) is 4.79 Å². The highest BCUT2D eigenvalue weighted by Crippen LogP contribution is 2.29. The number of hydrogen-bond donors (Lipinski definition) is 1. The normalized spacial score (nSPS) is 13.5. The van der Waals surface area contributed by atoms with Gasteiger partial charge in [-0.1, -0.05) is 12.1 Å². The molecular weight excluding hydrogens is 392 g/mol. The van der Waals surface area contributed by atoms with Crippen LogP contribution in [-0.2, 0) is 14.3 Å². The minimum absolute atomic E-state index is 0.227. The molecule has 30 heavy (non-hydrogen) atoms. The first-order valence-corrected chi connectivity index (χ1v) is 9.02. The van der Waals surface area contributed by atoms with Crippen molar-refractivity contribution in [3.8, 4) is 11.5 Å². The fourth-order valence-electron chi connectivity index (χ4n) is 3.02. The van der Waals surface area contributed by atoms with Crippen LogP contribution >= 0.6 is 0 Å². The van der Waals surface area contributed by atoms with Gasteiger partial charge in [0.25, 0.3) is 17.7 Å². The molecule has 1 aliphatic heterocycles. The summed E-state index contributed by atoms with van der Waals surface area (Å²) in [5.74, 6) is -1.75. The molecule has 0 radical (unpaired) electrons. The predicted molar refractivity (Wildman–Crippen MR) is 106 cm³/mol. The highest BCUT2D eigenvalue weighted by molar-refractivity contribution is 6.22. The Morgan fingerprint density at radius 3 is 2.20 bits per heavy atom. The number of benzene rings is 2. The van der Waals surface area contributed by atoms with Gasteiger partial charge in [-0.05, 0) is 31.2 Å². The largest absolute Gasteiger partial charge is 0.497 e. The highest BCUT2D eigenvalue weighted by Gasteiger charge is 2.41. The van der Waals surface area contributed by atoms with Gasteiger partial charge in [0.1, 0.15) is 17.5 Å². The van der Waals surface area contributed by atoms with Crippen LogP contribution in [0, 0.1) is 0 Å². The van der Waals surface area contributed by atoms with E-state index >= 15 is 0 Å². The van der Waals surface area contributed by atoms with Crippen molar-refractivity contribution in [1.29, 1.82) is 0 Å². The molecule has 0 spiro atoms. The molecule has 1 unspecified atom stereocenters. The maximum atomic E-state index is 12.5. The van der Waals surface area contributed by atoms with Crippen LogP contribution in [0.1, 0.15) is 27.6 Å². The molecule has 3 amide bonds. The van der Waals surface area contributed by atoms with Gasteiger partial charge < -0.3 is 19.5 Å². The molecule has 0 aromatic heterocycles. The number of amides is 3. The van der Waals surface area contributed by atoms with Crippen molar-refractivity contribution in [2.24, 2.45) is 0 Å². The molecule has 2 aromatic carbocycles. The van der Waals surface area contributed by atoms with Crippen molar-refractivity contribution in [3.63, 3.8) is 0 Å². The lowest BCUT2D eigenvalue weighted by Gasteiger charge is -2.20. The van der Waals surface area contributed by atoms with E-state index in [1.54, 1.807) is 30.3 Å². The molecule has 1 N–H and O–H groups in total. The number of carbonyl (C=O) groups excluding carboxylic acids is 4. The molecule has 3 rings (SSSR count). The number of nitrogens with one attached hydrogen (secondary N) is 1. The number of methoxy groups -OCH3 is 2. The van der Waals surface area contributed by atoms with Crippen LogP contribution in [0.25, 0.3) is 0 Å². The number of nitrogens with zero attached hydrogens (tertiary/aromatic N) is 1. The van der Waals surface area contributed by atoms with Crippen molar-refractivity contribution in [2.45, 2.75) is 13.0 Å². The zero-order valence-electron chi connectivity index (χ0n) is 16.6. The molecule has 9 nitrogen and oxygen atoms in total. The Balaban J connectivity index is 1.61. The molecule has 1 heterocycles. The summed E-state index contributed by atoms with van der Waals surface area (Å²) in [5, 5.41) is 2.56. The average Bonchev–Trinajstić information content (AvgIpc) is 3.01. The maximum absolute atomic E-state index is 12.5. The van der Waals surface area contributed by atoms with E-state index in [9.17, 15) is 19.2 Å². The number of esters is 1. The van der Waals surface area contributed by atoms with Crippen LogP contribution in [-0.4, -0.2) is 55.5 Å². The molecular formula is C21H20N2O7. The van der Waals surface area contributed by atoms with Gasteiger partial charge in [-0.3, -0.25) is 19.3 Å². The molecule has 2 aromatic rings. The van der Waals surface area contributed by atoms with Crippen LogP contribution in [0.5, 0.6) is 11.5 Å². The van der Waals surface area contributed by atoms with E-state index in [1.165, 1.54) is 33.3 Å². The van der Waals surface area contributed by atoms with Gasteiger partial charge in [0, 0.05) is 6.07 Å². The first kappa shape index (κ1) is 20.8. The van der Waals surface area contributed by atoms with Gasteiger partial charge in [-0.2, -0.15) is 0 Å². The number of hydrogen-bond acceptors (Lipinski definition) is 7. The van der Waals surface area contributed by atoms with E-state index in [0.29, 0.717) is 17.2 Å². The van der Waals surface area contributed by atoms with Crippen LogP contribution in [0.2, 0.25) is 0 Å². The second kappa shape index (κ2) is 8.64. The van der Waals surface area contributed by atoms with E-state index in [-0.39, 0.29) is 11.1 Å². The summed E-state index contributed by atoms with van der Waals surface area (Å²) in [5.41, 5.74) is 0.793. The first-order valence-electron chi connectivity index (χ1n) is 9.02. The molecule has 1 atom stereocenters. The number of carbonyl (C=O) groups is 4. The minimum atomic E-state index is -1.18. The SMILES string of the molecule is COc1ccc(OC)c(NC(=O)COC(=O)C(C)N2C(=O)c3ccccc3C2=O)c1. The molecule has 156 valence electrons. The van der Waals surface area contributed by atoms with Gasteiger partial charge >= 0.3 is 5.97 Å². The molecule has 0 fully saturated rings. The van der Waals surface area contributed by atoms with Crippen molar-refractivity contribution in [2.75, 3.05) is 26.1 Å². The second-order valence-electron chi connectivity index (χ2n) is 6.42. The summed E-state index contributed by atoms with van der Waals surface area (Å²) in [6, 6.07) is 9.95. The lowest BCUT2D eigenvalue weighted by Crippen LogP contribution is -2.44. The van der Waals surface area contributed by atoms with E-state index in [4.69, 9.17) is 14.2 Å². The number of imide groups is 1. The molecule has 0 aliphatic carbocycles. The predicted octanol–water partition coefficient (Wildman–Crippen LogP) is 1.87. The third-order valence-corrected chi connectivity index (χ3v) is 4.58. The highest BCUT2D eigenvalue weighted by atomic mass is 16.5. The van der Waals surface area contributed by atoms with Crippen molar-refractivity contribution in [1.82, 2.24) is 4.90 Å². The fraction of sp³-hybridized carbons (Fsp3) is 0.238. The lowest BCUT2D eigenvalue weighted by molar-refractivity contribution is -0.150. The number of ether oxygens (including phenoxy) is 3. The molecule has 0 bridgehead atoms. The summed E-state index contributed by atoms with van der Waals surface area (Å²) in [4.78, 5) is 50.3. The van der Waals surface area contributed by atoms with E-state index in [2.05, 4.69) is 5.32 Å². The zero-order valence-corrected chi connectivity index (χ0v) is 16.6. The second-order valence-corrected chi connectivity index (χ2v) is 6.42. The number of rotatable bonds is 7. The number of fused-ring (bicyclic) bond motifs is 1. The summed E-state index contributed by atoms with van der Waals surface area (Å²) in [7, 11) is 2.93. The first-order chi connectivity index (χ1) is 14.4. The molecule has 1 aliphatic rings. The third-order valence-electron chi connectivity index (χ3n) is 4.58. The molecule has 9 heteroatoms. The van der Waals surface area contributed by atoms with Crippen LogP contribution in [0.4, 0.5) is 5.69 Å². The Morgan fingerprint density at radius 2 is 1.63 bits per heavy atom. The fourth-order valence-corrected chi connectivity index (χ4v) is 3.02. The van der Waals surface area contributed by atoms with Crippen LogP contribution in [0.15, 0.2) is 42.5 Å². The minimum Gasteiger partial charge on any atom is -0.497 e. The van der Waals surface area contributed by atoms with Crippen molar-refractivity contribution in [3.05, 3.63) is 53.6 Å². The Bertz CT molecular complexity index is 983. The summed E-state index contributed by atoms with van der Waals surface area (Å²) in [6.07, 6.45) is 0. The smallest absolute Gasteiger partial charge is 0.329 e. The Labute approximate surface area is 172 Å². The van der Waals surface area contributed by atoms with Gasteiger partial charge in [-0.15, -0.1) is 0 Å². The quantitative estimate of drug-likeness (QED) is 0.546. The maximum Gasteiger partial charge on any atom is 0.329 e. The zero-order chi connectivity index (χ0) is 21.8. The van der Waals surface area contributed by atoms with E-state index in [1.807, 2.05) is 0 Å². The van der Waals surface area contributed by atoms with E-state index < -0.39 is 36.3 Å². The summed E-state index contributed by atoms with van der Waals surface area (Å²) < 4.78 is 15.3. The number of anilines is 1. The van der Waals surface area contributed by atoms with Crippen molar-refractivity contribution < 1.29 is 33.4 Å². The molecule has 0 saturated carbocycles. The van der Waals surface area contributed by atoms with Gasteiger partial charge in [0.15, 0.2) is 6.61 Å². The topological polar surface area (TPSA) is 111 Å². The Kier molecular flexibility index (Phi) is 6.01. The van der Waals surface area contributed by atoms with Gasteiger partial charge in [0.05, 0.1) is 31.0 Å². The van der Waals surface area contributed by atoms with E-state index in [0.717, 1.165) is 4.90 Å². The third kappa shape index (κ3) is 3.95.